The highest BCUT2D eigenvalue weighted by Gasteiger charge is 2.26. The molecule has 2 fully saturated rings. The zero-order chi connectivity index (χ0) is 25.3. The summed E-state index contributed by atoms with van der Waals surface area (Å²) in [5, 5.41) is 6.57. The fourth-order valence-electron chi connectivity index (χ4n) is 4.97. The van der Waals surface area contributed by atoms with Crippen LogP contribution in [0.25, 0.3) is 0 Å². The van der Waals surface area contributed by atoms with Crippen molar-refractivity contribution in [3.63, 3.8) is 0 Å². The standard InChI is InChI=1S/C28H38N4O4/c1-3-36-26-17-25(35-2)10-9-23(26)18-30-19-27(33)32-13-5-8-24(20-32)21-6-4-7-22(16-21)28(34)31-14-11-29-12-15-31/h4,6-7,9-10,16-17,24,29-30H,3,5,8,11-15,18-20H2,1-2H3. The number of hydrogen-bond donors (Lipinski definition) is 2. The first-order valence-corrected chi connectivity index (χ1v) is 13.0. The average Bonchev–Trinajstić information content (AvgIpc) is 2.94. The number of likely N-dealkylation sites (tertiary alicyclic amines) is 1. The fraction of sp³-hybridized carbons (Fsp3) is 0.500. The predicted octanol–water partition coefficient (Wildman–Crippen LogP) is 2.64. The van der Waals surface area contributed by atoms with Gasteiger partial charge in [0.05, 0.1) is 20.3 Å². The third kappa shape index (κ3) is 6.56. The van der Waals surface area contributed by atoms with Gasteiger partial charge in [0.2, 0.25) is 5.91 Å². The minimum atomic E-state index is 0.0937. The number of rotatable bonds is 9. The van der Waals surface area contributed by atoms with Gasteiger partial charge in [0.25, 0.3) is 5.91 Å². The minimum absolute atomic E-state index is 0.0937. The molecular formula is C28H38N4O4. The zero-order valence-electron chi connectivity index (χ0n) is 21.4. The lowest BCUT2D eigenvalue weighted by Crippen LogP contribution is -2.46. The minimum Gasteiger partial charge on any atom is -0.497 e. The number of carbonyl (C=O) groups excluding carboxylic acids is 2. The largest absolute Gasteiger partial charge is 0.497 e. The highest BCUT2D eigenvalue weighted by atomic mass is 16.5. The maximum Gasteiger partial charge on any atom is 0.253 e. The van der Waals surface area contributed by atoms with Gasteiger partial charge in [0, 0.05) is 68.9 Å². The van der Waals surface area contributed by atoms with Crippen LogP contribution in [-0.2, 0) is 11.3 Å². The molecule has 1 atom stereocenters. The first-order valence-electron chi connectivity index (χ1n) is 13.0. The smallest absolute Gasteiger partial charge is 0.253 e. The van der Waals surface area contributed by atoms with E-state index in [1.54, 1.807) is 7.11 Å². The fourth-order valence-corrected chi connectivity index (χ4v) is 4.97. The normalized spacial score (nSPS) is 18.1. The molecule has 2 aromatic rings. The summed E-state index contributed by atoms with van der Waals surface area (Å²) in [6.07, 6.45) is 1.98. The Kier molecular flexibility index (Phi) is 9.19. The summed E-state index contributed by atoms with van der Waals surface area (Å²) in [4.78, 5) is 29.8. The molecule has 2 aromatic carbocycles. The van der Waals surface area contributed by atoms with Crippen molar-refractivity contribution in [2.45, 2.75) is 32.2 Å². The first kappa shape index (κ1) is 26.0. The van der Waals surface area contributed by atoms with Crippen LogP contribution in [0.5, 0.6) is 11.5 Å². The summed E-state index contributed by atoms with van der Waals surface area (Å²) in [6, 6.07) is 13.7. The molecule has 8 nitrogen and oxygen atoms in total. The van der Waals surface area contributed by atoms with Crippen molar-refractivity contribution < 1.29 is 19.1 Å². The third-order valence-electron chi connectivity index (χ3n) is 6.95. The molecule has 2 heterocycles. The number of nitrogens with zero attached hydrogens (tertiary/aromatic N) is 2. The van der Waals surface area contributed by atoms with Crippen LogP contribution in [0.15, 0.2) is 42.5 Å². The lowest BCUT2D eigenvalue weighted by Gasteiger charge is -2.33. The van der Waals surface area contributed by atoms with E-state index in [0.717, 1.165) is 73.8 Å². The van der Waals surface area contributed by atoms with Crippen molar-refractivity contribution >= 4 is 11.8 Å². The van der Waals surface area contributed by atoms with Gasteiger partial charge in [0.1, 0.15) is 11.5 Å². The van der Waals surface area contributed by atoms with Crippen LogP contribution >= 0.6 is 0 Å². The Labute approximate surface area is 213 Å². The molecular weight excluding hydrogens is 456 g/mol. The van der Waals surface area contributed by atoms with E-state index in [1.165, 1.54) is 0 Å². The molecule has 2 N–H and O–H groups in total. The average molecular weight is 495 g/mol. The van der Waals surface area contributed by atoms with E-state index in [-0.39, 0.29) is 24.3 Å². The number of carbonyl (C=O) groups is 2. The Morgan fingerprint density at radius 1 is 1.08 bits per heavy atom. The molecule has 36 heavy (non-hydrogen) atoms. The number of hydrogen-bond acceptors (Lipinski definition) is 6. The molecule has 8 heteroatoms. The summed E-state index contributed by atoms with van der Waals surface area (Å²) in [6.45, 7) is 7.93. The number of benzene rings is 2. The van der Waals surface area contributed by atoms with Gasteiger partial charge in [-0.05, 0) is 43.5 Å². The predicted molar refractivity (Wildman–Crippen MR) is 140 cm³/mol. The Hall–Kier alpha value is -3.10. The van der Waals surface area contributed by atoms with Gasteiger partial charge in [-0.25, -0.2) is 0 Å². The van der Waals surface area contributed by atoms with E-state index >= 15 is 0 Å². The van der Waals surface area contributed by atoms with E-state index in [1.807, 2.05) is 53.1 Å². The summed E-state index contributed by atoms with van der Waals surface area (Å²) in [7, 11) is 1.63. The number of piperidine rings is 1. The van der Waals surface area contributed by atoms with Gasteiger partial charge in [0.15, 0.2) is 0 Å². The van der Waals surface area contributed by atoms with E-state index < -0.39 is 0 Å². The van der Waals surface area contributed by atoms with Crippen LogP contribution in [0.4, 0.5) is 0 Å². The number of ether oxygens (including phenoxy) is 2. The molecule has 2 aliphatic rings. The molecule has 2 saturated heterocycles. The SMILES string of the molecule is CCOc1cc(OC)ccc1CNCC(=O)N1CCCC(c2cccc(C(=O)N3CCNCC3)c2)C1. The zero-order valence-corrected chi connectivity index (χ0v) is 21.4. The second-order valence-corrected chi connectivity index (χ2v) is 9.36. The molecule has 0 saturated carbocycles. The Morgan fingerprint density at radius 3 is 2.69 bits per heavy atom. The van der Waals surface area contributed by atoms with Gasteiger partial charge in [-0.1, -0.05) is 18.2 Å². The lowest BCUT2D eigenvalue weighted by atomic mass is 9.89. The summed E-state index contributed by atoms with van der Waals surface area (Å²) in [5.41, 5.74) is 2.87. The number of amides is 2. The van der Waals surface area contributed by atoms with Crippen LogP contribution in [0, 0.1) is 0 Å². The third-order valence-corrected chi connectivity index (χ3v) is 6.95. The summed E-state index contributed by atoms with van der Waals surface area (Å²) >= 11 is 0. The molecule has 0 bridgehead atoms. The van der Waals surface area contributed by atoms with Crippen LogP contribution < -0.4 is 20.1 Å². The van der Waals surface area contributed by atoms with Crippen LogP contribution in [0.1, 0.15) is 47.2 Å². The second-order valence-electron chi connectivity index (χ2n) is 9.36. The van der Waals surface area contributed by atoms with Gasteiger partial charge < -0.3 is 29.9 Å². The van der Waals surface area contributed by atoms with E-state index in [0.29, 0.717) is 19.7 Å². The lowest BCUT2D eigenvalue weighted by molar-refractivity contribution is -0.131. The molecule has 2 amide bonds. The topological polar surface area (TPSA) is 83.1 Å². The monoisotopic (exact) mass is 494 g/mol. The van der Waals surface area contributed by atoms with E-state index in [2.05, 4.69) is 16.7 Å². The van der Waals surface area contributed by atoms with Crippen molar-refractivity contribution in [1.29, 1.82) is 0 Å². The molecule has 0 aliphatic carbocycles. The number of nitrogens with one attached hydrogen (secondary N) is 2. The quantitative estimate of drug-likeness (QED) is 0.558. The molecule has 1 unspecified atom stereocenters. The van der Waals surface area contributed by atoms with E-state index in [4.69, 9.17) is 9.47 Å². The number of piperazine rings is 1. The maximum absolute atomic E-state index is 13.0. The highest BCUT2D eigenvalue weighted by molar-refractivity contribution is 5.94. The maximum atomic E-state index is 13.0. The van der Waals surface area contributed by atoms with Crippen LogP contribution in [0.2, 0.25) is 0 Å². The molecule has 4 rings (SSSR count). The Bertz CT molecular complexity index is 1040. The van der Waals surface area contributed by atoms with Crippen LogP contribution in [0.3, 0.4) is 0 Å². The molecule has 0 radical (unpaired) electrons. The van der Waals surface area contributed by atoms with Gasteiger partial charge in [-0.15, -0.1) is 0 Å². The highest BCUT2D eigenvalue weighted by Crippen LogP contribution is 2.28. The number of methoxy groups -OCH3 is 1. The van der Waals surface area contributed by atoms with Crippen LogP contribution in [-0.4, -0.2) is 81.1 Å². The van der Waals surface area contributed by atoms with E-state index in [9.17, 15) is 9.59 Å². The second kappa shape index (κ2) is 12.7. The van der Waals surface area contributed by atoms with Crippen molar-refractivity contribution in [2.75, 3.05) is 59.5 Å². The van der Waals surface area contributed by atoms with Crippen molar-refractivity contribution in [1.82, 2.24) is 20.4 Å². The van der Waals surface area contributed by atoms with Crippen molar-refractivity contribution in [2.24, 2.45) is 0 Å². The Balaban J connectivity index is 1.32. The molecule has 0 aromatic heterocycles. The molecule has 2 aliphatic heterocycles. The Morgan fingerprint density at radius 2 is 1.92 bits per heavy atom. The van der Waals surface area contributed by atoms with Crippen molar-refractivity contribution in [3.05, 3.63) is 59.2 Å². The van der Waals surface area contributed by atoms with Gasteiger partial charge in [-0.2, -0.15) is 0 Å². The van der Waals surface area contributed by atoms with Crippen molar-refractivity contribution in [3.8, 4) is 11.5 Å². The summed E-state index contributed by atoms with van der Waals surface area (Å²) < 4.78 is 11.0. The van der Waals surface area contributed by atoms with Gasteiger partial charge >= 0.3 is 0 Å². The molecule has 0 spiro atoms. The molecule has 194 valence electrons. The summed E-state index contributed by atoms with van der Waals surface area (Å²) in [5.74, 6) is 1.95. The first-order chi connectivity index (χ1) is 17.6. The van der Waals surface area contributed by atoms with Gasteiger partial charge in [-0.3, -0.25) is 9.59 Å².